The highest BCUT2D eigenvalue weighted by atomic mass is 32.2. The van der Waals surface area contributed by atoms with Gasteiger partial charge in [-0.15, -0.1) is 0 Å². The van der Waals surface area contributed by atoms with Gasteiger partial charge in [-0.1, -0.05) is 13.3 Å². The van der Waals surface area contributed by atoms with E-state index in [1.807, 2.05) is 0 Å². The van der Waals surface area contributed by atoms with E-state index in [1.165, 1.54) is 6.92 Å². The van der Waals surface area contributed by atoms with Gasteiger partial charge in [-0.3, -0.25) is 4.79 Å². The number of hydrogen-bond acceptors (Lipinski definition) is 7. The number of nitriles is 2. The van der Waals surface area contributed by atoms with Crippen LogP contribution in [0.15, 0.2) is 0 Å². The molecule has 0 aliphatic rings. The number of nitrogens with one attached hydrogen (secondary N) is 1. The van der Waals surface area contributed by atoms with E-state index in [9.17, 15) is 48.0 Å². The van der Waals surface area contributed by atoms with Crippen molar-refractivity contribution in [3.8, 4) is 12.1 Å². The van der Waals surface area contributed by atoms with Crippen molar-refractivity contribution in [2.45, 2.75) is 47.9 Å². The van der Waals surface area contributed by atoms with E-state index in [2.05, 4.69) is 0 Å². The van der Waals surface area contributed by atoms with Gasteiger partial charge in [-0.2, -0.15) is 45.3 Å². The van der Waals surface area contributed by atoms with E-state index >= 15 is 0 Å². The van der Waals surface area contributed by atoms with Crippen LogP contribution in [0.2, 0.25) is 0 Å². The molecule has 0 atom stereocenters. The first-order valence-electron chi connectivity index (χ1n) is 6.69. The second-order valence-electron chi connectivity index (χ2n) is 4.92. The highest BCUT2D eigenvalue weighted by molar-refractivity contribution is 7.94. The van der Waals surface area contributed by atoms with Crippen molar-refractivity contribution in [3.05, 3.63) is 0 Å². The van der Waals surface area contributed by atoms with Crippen LogP contribution < -0.4 is 4.72 Å². The van der Waals surface area contributed by atoms with Crippen molar-refractivity contribution in [2.75, 3.05) is 0 Å². The number of nitrogens with zero attached hydrogens (tertiary/aromatic N) is 2. The van der Waals surface area contributed by atoms with Gasteiger partial charge in [0.05, 0.1) is 12.1 Å². The largest absolute Gasteiger partial charge is 0.433 e. The summed E-state index contributed by atoms with van der Waals surface area (Å²) in [6.07, 6.45) is -0.517. The topological polar surface area (TPSA) is 145 Å². The number of carbonyl (C=O) groups excluding carboxylic acids is 1. The van der Waals surface area contributed by atoms with Gasteiger partial charge in [0.15, 0.2) is 0 Å². The Morgan fingerprint density at radius 1 is 1.00 bits per heavy atom. The Morgan fingerprint density at radius 2 is 1.44 bits per heavy atom. The van der Waals surface area contributed by atoms with E-state index in [-0.39, 0.29) is 12.8 Å². The number of sulfonamides is 1. The van der Waals surface area contributed by atoms with Gasteiger partial charge in [0.25, 0.3) is 9.84 Å². The Hall–Kier alpha value is -2.07. The monoisotopic (exact) mass is 443 g/mol. The highest BCUT2D eigenvalue weighted by Gasteiger charge is 2.82. The Bertz CT molecular complexity index is 859. The zero-order valence-corrected chi connectivity index (χ0v) is 14.9. The summed E-state index contributed by atoms with van der Waals surface area (Å²) in [5.74, 6) is -8.85. The summed E-state index contributed by atoms with van der Waals surface area (Å²) in [4.78, 5) is 11.2. The maximum atomic E-state index is 13.7. The molecule has 0 aromatic heterocycles. The number of carbonyl (C=O) groups is 1. The van der Waals surface area contributed by atoms with Gasteiger partial charge >= 0.3 is 26.5 Å². The molecular weight excluding hydrogens is 432 g/mol. The molecule has 0 spiro atoms. The predicted molar refractivity (Wildman–Crippen MR) is 75.4 cm³/mol. The highest BCUT2D eigenvalue weighted by Crippen LogP contribution is 2.51. The third kappa shape index (κ3) is 4.11. The molecule has 1 amide bonds. The molecule has 8 nitrogen and oxygen atoms in total. The van der Waals surface area contributed by atoms with Gasteiger partial charge in [-0.05, 0) is 6.42 Å². The van der Waals surface area contributed by atoms with E-state index < -0.39 is 53.9 Å². The summed E-state index contributed by atoms with van der Waals surface area (Å²) in [7, 11) is -13.7. The number of alkyl halides is 6. The average molecular weight is 443 g/mol. The van der Waals surface area contributed by atoms with Crippen LogP contribution in [0.4, 0.5) is 26.3 Å². The minimum Gasteiger partial charge on any atom is -0.274 e. The number of hydrogen-bond donors (Lipinski definition) is 1. The lowest BCUT2D eigenvalue weighted by atomic mass is 10.2. The van der Waals surface area contributed by atoms with Crippen molar-refractivity contribution in [1.82, 2.24) is 4.72 Å². The first kappa shape index (κ1) is 24.9. The molecule has 1 N–H and O–H groups in total. The lowest BCUT2D eigenvalue weighted by molar-refractivity contribution is -0.244. The third-order valence-electron chi connectivity index (χ3n) is 2.98. The van der Waals surface area contributed by atoms with Gasteiger partial charge in [-0.25, -0.2) is 13.1 Å². The second kappa shape index (κ2) is 7.89. The molecule has 0 saturated carbocycles. The molecule has 0 aliphatic heterocycles. The summed E-state index contributed by atoms with van der Waals surface area (Å²) < 4.78 is 128. The molecule has 16 heteroatoms. The van der Waals surface area contributed by atoms with Gasteiger partial charge in [0, 0.05) is 6.42 Å². The lowest BCUT2D eigenvalue weighted by Crippen LogP contribution is -2.64. The second-order valence-corrected chi connectivity index (χ2v) is 8.72. The van der Waals surface area contributed by atoms with Crippen molar-refractivity contribution in [2.24, 2.45) is 0 Å². The Kier molecular flexibility index (Phi) is 7.29. The molecule has 0 radical (unpaired) electrons. The number of unbranched alkanes of at least 4 members (excludes halogenated alkanes) is 1. The van der Waals surface area contributed by atoms with Gasteiger partial charge in [0.1, 0.15) is 0 Å². The van der Waals surface area contributed by atoms with Gasteiger partial charge < -0.3 is 0 Å². The SMILES string of the molecule is CCCCC(=O)NS(=O)(=O)C(F)(F)C(F)(F)C(F)(F)S(=O)(=O)C(C#N)C#N. The lowest BCUT2D eigenvalue weighted by Gasteiger charge is -2.31. The number of halogens is 6. The predicted octanol–water partition coefficient (Wildman–Crippen LogP) is 1.27. The Balaban J connectivity index is 6.22. The van der Waals surface area contributed by atoms with Crippen LogP contribution in [-0.4, -0.2) is 44.4 Å². The summed E-state index contributed by atoms with van der Waals surface area (Å²) in [6, 6.07) is 0.779. The standard InChI is InChI=1S/C11H11F6N3O5S2/c1-2-3-4-8(21)20-27(24,25)11(16,17)9(12,13)10(14,15)26(22,23)7(5-18)6-19/h7H,2-4H2,1H3,(H,20,21). The molecule has 0 heterocycles. The molecule has 0 aromatic carbocycles. The fourth-order valence-corrected chi connectivity index (χ4v) is 3.55. The molecule has 0 aliphatic carbocycles. The smallest absolute Gasteiger partial charge is 0.274 e. The van der Waals surface area contributed by atoms with Crippen molar-refractivity contribution in [3.63, 3.8) is 0 Å². The van der Waals surface area contributed by atoms with Crippen LogP contribution >= 0.6 is 0 Å². The molecular formula is C11H11F6N3O5S2. The van der Waals surface area contributed by atoms with Crippen LogP contribution in [0.5, 0.6) is 0 Å². The molecule has 0 rings (SSSR count). The van der Waals surface area contributed by atoms with E-state index in [0.717, 1.165) is 0 Å². The molecule has 0 fully saturated rings. The number of amides is 1. The Morgan fingerprint density at radius 3 is 1.81 bits per heavy atom. The fraction of sp³-hybridized carbons (Fsp3) is 0.727. The molecule has 0 saturated heterocycles. The van der Waals surface area contributed by atoms with Crippen LogP contribution in [0.1, 0.15) is 26.2 Å². The van der Waals surface area contributed by atoms with Gasteiger partial charge in [0.2, 0.25) is 11.2 Å². The molecule has 0 aromatic rings. The van der Waals surface area contributed by atoms with E-state index in [0.29, 0.717) is 16.9 Å². The first-order valence-corrected chi connectivity index (χ1v) is 9.72. The fourth-order valence-electron chi connectivity index (χ4n) is 1.43. The molecule has 0 bridgehead atoms. The van der Waals surface area contributed by atoms with E-state index in [1.54, 1.807) is 0 Å². The minimum atomic E-state index is -7.14. The van der Waals surface area contributed by atoms with Crippen molar-refractivity contribution < 1.29 is 48.0 Å². The summed E-state index contributed by atoms with van der Waals surface area (Å²) in [6.45, 7) is 1.50. The number of rotatable bonds is 9. The molecule has 0 unspecified atom stereocenters. The molecule has 27 heavy (non-hydrogen) atoms. The average Bonchev–Trinajstić information content (AvgIpc) is 2.52. The minimum absolute atomic E-state index is 0.0557. The number of sulfone groups is 1. The summed E-state index contributed by atoms with van der Waals surface area (Å²) in [5.41, 5.74) is 0. The molecule has 154 valence electrons. The quantitative estimate of drug-likeness (QED) is 0.528. The van der Waals surface area contributed by atoms with E-state index in [4.69, 9.17) is 10.5 Å². The van der Waals surface area contributed by atoms with Crippen LogP contribution in [0.25, 0.3) is 0 Å². The van der Waals surface area contributed by atoms with Crippen molar-refractivity contribution in [1.29, 1.82) is 10.5 Å². The van der Waals surface area contributed by atoms with Crippen LogP contribution in [0.3, 0.4) is 0 Å². The maximum absolute atomic E-state index is 13.7. The Labute approximate surface area is 149 Å². The zero-order valence-electron chi connectivity index (χ0n) is 13.2. The first-order chi connectivity index (χ1) is 12.0. The van der Waals surface area contributed by atoms with Crippen molar-refractivity contribution >= 4 is 25.8 Å². The summed E-state index contributed by atoms with van der Waals surface area (Å²) >= 11 is 0. The van der Waals surface area contributed by atoms with Crippen LogP contribution in [-0.2, 0) is 24.7 Å². The zero-order chi connectivity index (χ0) is 21.9. The summed E-state index contributed by atoms with van der Waals surface area (Å²) in [5, 5.41) is -0.610. The van der Waals surface area contributed by atoms with Crippen LogP contribution in [0, 0.1) is 22.7 Å². The maximum Gasteiger partial charge on any atom is 0.433 e. The third-order valence-corrected chi connectivity index (χ3v) is 6.21. The normalized spacial score (nSPS) is 13.7.